The number of ether oxygens (including phenoxy) is 1. The molecular formula is C19H26O. The molecule has 1 saturated carbocycles. The molecule has 1 aromatic carbocycles. The molecular weight excluding hydrogens is 244 g/mol. The molecule has 0 heterocycles. The Morgan fingerprint density at radius 3 is 2.45 bits per heavy atom. The average Bonchev–Trinajstić information content (AvgIpc) is 3.28. The minimum absolute atomic E-state index is 0.625. The summed E-state index contributed by atoms with van der Waals surface area (Å²) in [6, 6.07) is 8.51. The predicted octanol–water partition coefficient (Wildman–Crippen LogP) is 5.69. The van der Waals surface area contributed by atoms with Crippen LogP contribution in [0.25, 0.3) is 0 Å². The topological polar surface area (TPSA) is 9.23 Å². The summed E-state index contributed by atoms with van der Waals surface area (Å²) in [6.07, 6.45) is 9.12. The van der Waals surface area contributed by atoms with Gasteiger partial charge in [-0.1, -0.05) is 45.9 Å². The maximum absolute atomic E-state index is 5.90. The van der Waals surface area contributed by atoms with Crippen LogP contribution in [-0.4, -0.2) is 0 Å². The van der Waals surface area contributed by atoms with Crippen molar-refractivity contribution in [1.82, 2.24) is 0 Å². The first kappa shape index (κ1) is 14.9. The SMILES string of the molecule is CC.CCC(C)c1ccc(OC2=CC3CC3C=C2)cc1. The molecule has 108 valence electrons. The van der Waals surface area contributed by atoms with Gasteiger partial charge in [0, 0.05) is 0 Å². The van der Waals surface area contributed by atoms with Crippen LogP contribution in [0.15, 0.2) is 48.3 Å². The molecule has 0 radical (unpaired) electrons. The van der Waals surface area contributed by atoms with Crippen molar-refractivity contribution in [3.05, 3.63) is 53.8 Å². The van der Waals surface area contributed by atoms with Gasteiger partial charge in [-0.2, -0.15) is 0 Å². The molecule has 0 N–H and O–H groups in total. The van der Waals surface area contributed by atoms with E-state index in [2.05, 4.69) is 56.3 Å². The van der Waals surface area contributed by atoms with Gasteiger partial charge in [-0.3, -0.25) is 0 Å². The Kier molecular flexibility index (Phi) is 5.05. The van der Waals surface area contributed by atoms with Crippen molar-refractivity contribution in [2.75, 3.05) is 0 Å². The van der Waals surface area contributed by atoms with Crippen LogP contribution in [0.2, 0.25) is 0 Å². The van der Waals surface area contributed by atoms with Crippen LogP contribution in [0.1, 0.15) is 52.0 Å². The lowest BCUT2D eigenvalue weighted by Crippen LogP contribution is -1.97. The van der Waals surface area contributed by atoms with Gasteiger partial charge in [-0.05, 0) is 60.4 Å². The quantitative estimate of drug-likeness (QED) is 0.682. The largest absolute Gasteiger partial charge is 0.458 e. The van der Waals surface area contributed by atoms with E-state index in [1.807, 2.05) is 13.8 Å². The van der Waals surface area contributed by atoms with Crippen LogP contribution >= 0.6 is 0 Å². The van der Waals surface area contributed by atoms with Crippen LogP contribution in [0.5, 0.6) is 5.75 Å². The van der Waals surface area contributed by atoms with Gasteiger partial charge >= 0.3 is 0 Å². The van der Waals surface area contributed by atoms with Crippen LogP contribution < -0.4 is 4.74 Å². The molecule has 3 atom stereocenters. The molecule has 3 rings (SSSR count). The first-order chi connectivity index (χ1) is 9.76. The van der Waals surface area contributed by atoms with Crippen LogP contribution in [0, 0.1) is 11.8 Å². The van der Waals surface area contributed by atoms with Crippen molar-refractivity contribution < 1.29 is 4.74 Å². The van der Waals surface area contributed by atoms with Crippen molar-refractivity contribution in [1.29, 1.82) is 0 Å². The van der Waals surface area contributed by atoms with E-state index in [4.69, 9.17) is 4.74 Å². The highest BCUT2D eigenvalue weighted by atomic mass is 16.5. The van der Waals surface area contributed by atoms with Crippen LogP contribution in [0.3, 0.4) is 0 Å². The molecule has 0 aliphatic heterocycles. The Balaban J connectivity index is 0.000000704. The van der Waals surface area contributed by atoms with Crippen molar-refractivity contribution in [3.8, 4) is 5.75 Å². The molecule has 2 aliphatic rings. The second-order valence-corrected chi connectivity index (χ2v) is 5.47. The summed E-state index contributed by atoms with van der Waals surface area (Å²) in [4.78, 5) is 0. The maximum atomic E-state index is 5.90. The Morgan fingerprint density at radius 1 is 1.15 bits per heavy atom. The summed E-state index contributed by atoms with van der Waals surface area (Å²) in [5.41, 5.74) is 1.39. The molecule has 0 amide bonds. The Labute approximate surface area is 123 Å². The molecule has 1 aromatic rings. The standard InChI is InChI=1S/C17H20O.C2H6/c1-3-12(2)13-4-7-16(8-5-13)18-17-9-6-14-10-15(14)11-17;1-2/h4-9,11-12,14-15H,3,10H2,1-2H3;1-2H3. The predicted molar refractivity (Wildman–Crippen MR) is 85.9 cm³/mol. The highest BCUT2D eigenvalue weighted by molar-refractivity contribution is 5.34. The fourth-order valence-electron chi connectivity index (χ4n) is 2.44. The minimum atomic E-state index is 0.625. The number of allylic oxidation sites excluding steroid dienone is 3. The Hall–Kier alpha value is -1.50. The molecule has 0 spiro atoms. The fourth-order valence-corrected chi connectivity index (χ4v) is 2.44. The van der Waals surface area contributed by atoms with E-state index in [9.17, 15) is 0 Å². The zero-order chi connectivity index (χ0) is 14.5. The summed E-state index contributed by atoms with van der Waals surface area (Å²) in [6.45, 7) is 8.48. The highest BCUT2D eigenvalue weighted by Gasteiger charge is 2.35. The molecule has 1 heteroatoms. The van der Waals surface area contributed by atoms with E-state index in [-0.39, 0.29) is 0 Å². The maximum Gasteiger partial charge on any atom is 0.127 e. The van der Waals surface area contributed by atoms with Crippen molar-refractivity contribution in [2.45, 2.75) is 46.5 Å². The third kappa shape index (κ3) is 3.53. The summed E-state index contributed by atoms with van der Waals surface area (Å²) in [5.74, 6) is 4.11. The Bertz CT molecular complexity index is 481. The van der Waals surface area contributed by atoms with Crippen LogP contribution in [-0.2, 0) is 0 Å². The van der Waals surface area contributed by atoms with Crippen molar-refractivity contribution in [2.24, 2.45) is 11.8 Å². The summed E-state index contributed by atoms with van der Waals surface area (Å²) >= 11 is 0. The van der Waals surface area contributed by atoms with Gasteiger partial charge in [0.2, 0.25) is 0 Å². The van der Waals surface area contributed by atoms with E-state index in [1.165, 1.54) is 18.4 Å². The lowest BCUT2D eigenvalue weighted by Gasteiger charge is -2.12. The van der Waals surface area contributed by atoms with E-state index in [0.29, 0.717) is 5.92 Å². The van der Waals surface area contributed by atoms with E-state index >= 15 is 0 Å². The molecule has 0 saturated heterocycles. The van der Waals surface area contributed by atoms with Crippen LogP contribution in [0.4, 0.5) is 0 Å². The summed E-state index contributed by atoms with van der Waals surface area (Å²) in [5, 5.41) is 0. The summed E-state index contributed by atoms with van der Waals surface area (Å²) < 4.78 is 5.90. The number of benzene rings is 1. The lowest BCUT2D eigenvalue weighted by molar-refractivity contribution is 0.437. The second-order valence-electron chi connectivity index (χ2n) is 5.47. The van der Waals surface area contributed by atoms with Gasteiger partial charge in [0.25, 0.3) is 0 Å². The fraction of sp³-hybridized carbons (Fsp3) is 0.474. The van der Waals surface area contributed by atoms with Gasteiger partial charge in [0.05, 0.1) is 0 Å². The molecule has 20 heavy (non-hydrogen) atoms. The van der Waals surface area contributed by atoms with E-state index in [0.717, 1.165) is 23.3 Å². The van der Waals surface area contributed by atoms with Crippen molar-refractivity contribution >= 4 is 0 Å². The third-order valence-electron chi connectivity index (χ3n) is 4.07. The van der Waals surface area contributed by atoms with E-state index < -0.39 is 0 Å². The summed E-state index contributed by atoms with van der Waals surface area (Å²) in [7, 11) is 0. The first-order valence-corrected chi connectivity index (χ1v) is 7.94. The monoisotopic (exact) mass is 270 g/mol. The smallest absolute Gasteiger partial charge is 0.127 e. The molecule has 2 aliphatic carbocycles. The average molecular weight is 270 g/mol. The van der Waals surface area contributed by atoms with Gasteiger partial charge < -0.3 is 4.74 Å². The second kappa shape index (κ2) is 6.78. The molecule has 1 nitrogen and oxygen atoms in total. The van der Waals surface area contributed by atoms with Crippen molar-refractivity contribution in [3.63, 3.8) is 0 Å². The third-order valence-corrected chi connectivity index (χ3v) is 4.07. The zero-order valence-electron chi connectivity index (χ0n) is 13.1. The number of hydrogen-bond donors (Lipinski definition) is 0. The minimum Gasteiger partial charge on any atom is -0.458 e. The van der Waals surface area contributed by atoms with Gasteiger partial charge in [0.1, 0.15) is 11.5 Å². The highest BCUT2D eigenvalue weighted by Crippen LogP contribution is 2.44. The van der Waals surface area contributed by atoms with Gasteiger partial charge in [0.15, 0.2) is 0 Å². The van der Waals surface area contributed by atoms with Gasteiger partial charge in [-0.15, -0.1) is 0 Å². The molecule has 3 unspecified atom stereocenters. The zero-order valence-corrected chi connectivity index (χ0v) is 13.1. The first-order valence-electron chi connectivity index (χ1n) is 7.94. The van der Waals surface area contributed by atoms with Gasteiger partial charge in [-0.25, -0.2) is 0 Å². The number of hydrogen-bond acceptors (Lipinski definition) is 1. The molecule has 0 bridgehead atoms. The number of fused-ring (bicyclic) bond motifs is 1. The normalized spacial score (nSPS) is 23.9. The Morgan fingerprint density at radius 2 is 1.85 bits per heavy atom. The molecule has 0 aromatic heterocycles. The lowest BCUT2D eigenvalue weighted by atomic mass is 9.99. The number of rotatable bonds is 4. The van der Waals surface area contributed by atoms with E-state index in [1.54, 1.807) is 0 Å². The molecule has 1 fully saturated rings.